The lowest BCUT2D eigenvalue weighted by Crippen LogP contribution is -2.41. The molecule has 2 N–H and O–H groups in total. The molecular weight excluding hydrogens is 382 g/mol. The summed E-state index contributed by atoms with van der Waals surface area (Å²) in [6, 6.07) is 17.7. The van der Waals surface area contributed by atoms with Crippen LogP contribution in [0.5, 0.6) is 5.75 Å². The number of nitrogens with zero attached hydrogens (tertiary/aromatic N) is 1. The van der Waals surface area contributed by atoms with Crippen LogP contribution in [0.25, 0.3) is 10.9 Å². The molecule has 0 unspecified atom stereocenters. The Morgan fingerprint density at radius 3 is 2.59 bits per heavy atom. The van der Waals surface area contributed by atoms with Crippen LogP contribution in [0.4, 0.5) is 0 Å². The number of fused-ring (bicyclic) bond motifs is 1. The summed E-state index contributed by atoms with van der Waals surface area (Å²) >= 11 is 5.65. The Morgan fingerprint density at radius 1 is 1.14 bits per heavy atom. The number of H-pyrrole nitrogens is 1. The van der Waals surface area contributed by atoms with E-state index in [-0.39, 0.29) is 5.56 Å². The van der Waals surface area contributed by atoms with Crippen LogP contribution < -0.4 is 15.6 Å². The van der Waals surface area contributed by atoms with Gasteiger partial charge in [-0.15, -0.1) is 0 Å². The van der Waals surface area contributed by atoms with Gasteiger partial charge in [0.05, 0.1) is 19.2 Å². The van der Waals surface area contributed by atoms with Crippen LogP contribution in [0.1, 0.15) is 25.0 Å². The normalized spacial score (nSPS) is 10.9. The minimum Gasteiger partial charge on any atom is -0.497 e. The van der Waals surface area contributed by atoms with Crippen LogP contribution in [0.2, 0.25) is 0 Å². The number of pyridine rings is 1. The van der Waals surface area contributed by atoms with E-state index in [4.69, 9.17) is 17.0 Å². The number of thiocarbonyl (C=S) groups is 1. The number of aromatic amines is 1. The number of hydrogen-bond acceptors (Lipinski definition) is 3. The number of ether oxygens (including phenoxy) is 1. The third-order valence-electron chi connectivity index (χ3n) is 4.66. The average Bonchev–Trinajstić information content (AvgIpc) is 2.72. The molecule has 152 valence electrons. The SMILES string of the molecule is COc1ccc2cc(CN(Cc3ccccc3)C(=S)NCC(C)C)c(=O)[nH]c2c1. The summed E-state index contributed by atoms with van der Waals surface area (Å²) in [6.07, 6.45) is 0. The summed E-state index contributed by atoms with van der Waals surface area (Å²) in [5.41, 5.74) is 2.46. The number of methoxy groups -OCH3 is 1. The first-order chi connectivity index (χ1) is 14.0. The monoisotopic (exact) mass is 409 g/mol. The Hall–Kier alpha value is -2.86. The highest BCUT2D eigenvalue weighted by molar-refractivity contribution is 7.80. The molecule has 3 rings (SSSR count). The fraction of sp³-hybridized carbons (Fsp3) is 0.304. The van der Waals surface area contributed by atoms with Gasteiger partial charge in [0.1, 0.15) is 5.75 Å². The van der Waals surface area contributed by atoms with Crippen molar-refractivity contribution >= 4 is 28.2 Å². The molecule has 0 fully saturated rings. The van der Waals surface area contributed by atoms with E-state index >= 15 is 0 Å². The quantitative estimate of drug-likeness (QED) is 0.576. The Labute approximate surface area is 176 Å². The maximum Gasteiger partial charge on any atom is 0.253 e. The van der Waals surface area contributed by atoms with Crippen LogP contribution in [-0.4, -0.2) is 28.7 Å². The van der Waals surface area contributed by atoms with E-state index in [1.54, 1.807) is 7.11 Å². The topological polar surface area (TPSA) is 57.4 Å². The van der Waals surface area contributed by atoms with Crippen LogP contribution in [0, 0.1) is 5.92 Å². The van der Waals surface area contributed by atoms with Gasteiger partial charge in [-0.1, -0.05) is 44.2 Å². The van der Waals surface area contributed by atoms with E-state index in [0.717, 1.165) is 23.0 Å². The van der Waals surface area contributed by atoms with Crippen molar-refractivity contribution in [3.05, 3.63) is 76.1 Å². The second-order valence-electron chi connectivity index (χ2n) is 7.50. The second-order valence-corrected chi connectivity index (χ2v) is 7.89. The van der Waals surface area contributed by atoms with E-state index in [0.29, 0.717) is 35.4 Å². The summed E-state index contributed by atoms with van der Waals surface area (Å²) in [7, 11) is 1.61. The third kappa shape index (κ3) is 5.57. The fourth-order valence-corrected chi connectivity index (χ4v) is 3.29. The van der Waals surface area contributed by atoms with Crippen molar-refractivity contribution in [2.75, 3.05) is 13.7 Å². The molecule has 0 atom stereocenters. The average molecular weight is 410 g/mol. The number of benzene rings is 2. The highest BCUT2D eigenvalue weighted by Crippen LogP contribution is 2.19. The smallest absolute Gasteiger partial charge is 0.253 e. The van der Waals surface area contributed by atoms with E-state index in [2.05, 4.69) is 36.3 Å². The van der Waals surface area contributed by atoms with Crippen molar-refractivity contribution in [3.8, 4) is 5.75 Å². The predicted molar refractivity (Wildman–Crippen MR) is 122 cm³/mol. The maximum atomic E-state index is 12.7. The van der Waals surface area contributed by atoms with Gasteiger partial charge in [0, 0.05) is 24.7 Å². The van der Waals surface area contributed by atoms with Gasteiger partial charge in [0.2, 0.25) is 0 Å². The molecule has 29 heavy (non-hydrogen) atoms. The van der Waals surface area contributed by atoms with E-state index in [1.807, 2.05) is 47.4 Å². The second kappa shape index (κ2) is 9.56. The first-order valence-corrected chi connectivity index (χ1v) is 10.1. The molecule has 0 aliphatic heterocycles. The van der Waals surface area contributed by atoms with Gasteiger partial charge in [-0.05, 0) is 47.3 Å². The van der Waals surface area contributed by atoms with Crippen LogP contribution in [-0.2, 0) is 13.1 Å². The Kier molecular flexibility index (Phi) is 6.88. The van der Waals surface area contributed by atoms with Gasteiger partial charge in [0.15, 0.2) is 5.11 Å². The largest absolute Gasteiger partial charge is 0.497 e. The minimum absolute atomic E-state index is 0.115. The minimum atomic E-state index is -0.115. The molecule has 0 saturated heterocycles. The number of aromatic nitrogens is 1. The Morgan fingerprint density at radius 2 is 1.90 bits per heavy atom. The summed E-state index contributed by atoms with van der Waals surface area (Å²) in [5, 5.41) is 4.93. The molecule has 0 aliphatic carbocycles. The van der Waals surface area contributed by atoms with Gasteiger partial charge in [0.25, 0.3) is 5.56 Å². The molecule has 0 aliphatic rings. The molecular formula is C23H27N3O2S. The van der Waals surface area contributed by atoms with Crippen molar-refractivity contribution in [3.63, 3.8) is 0 Å². The van der Waals surface area contributed by atoms with Gasteiger partial charge < -0.3 is 19.9 Å². The molecule has 0 spiro atoms. The molecule has 0 amide bonds. The molecule has 3 aromatic rings. The van der Waals surface area contributed by atoms with Crippen molar-refractivity contribution in [2.45, 2.75) is 26.9 Å². The Bertz CT molecular complexity index is 1030. The van der Waals surface area contributed by atoms with Gasteiger partial charge in [-0.25, -0.2) is 0 Å². The van der Waals surface area contributed by atoms with E-state index in [9.17, 15) is 4.79 Å². The van der Waals surface area contributed by atoms with Crippen molar-refractivity contribution in [1.29, 1.82) is 0 Å². The summed E-state index contributed by atoms with van der Waals surface area (Å²) in [4.78, 5) is 17.7. The zero-order chi connectivity index (χ0) is 20.8. The lowest BCUT2D eigenvalue weighted by atomic mass is 10.1. The first kappa shape index (κ1) is 20.9. The van der Waals surface area contributed by atoms with Crippen molar-refractivity contribution < 1.29 is 4.74 Å². The van der Waals surface area contributed by atoms with Gasteiger partial charge >= 0.3 is 0 Å². The van der Waals surface area contributed by atoms with Crippen LogP contribution in [0.15, 0.2) is 59.4 Å². The number of rotatable bonds is 7. The Balaban J connectivity index is 1.88. The van der Waals surface area contributed by atoms with Gasteiger partial charge in [-0.2, -0.15) is 0 Å². The standard InChI is InChI=1S/C23H27N3O2S/c1-16(2)13-24-23(29)26(14-17-7-5-4-6-8-17)15-19-11-18-9-10-20(28-3)12-21(18)25-22(19)27/h4-12,16H,13-15H2,1-3H3,(H,24,29)(H,25,27). The van der Waals surface area contributed by atoms with E-state index < -0.39 is 0 Å². The third-order valence-corrected chi connectivity index (χ3v) is 5.06. The lowest BCUT2D eigenvalue weighted by Gasteiger charge is -2.26. The molecule has 0 saturated carbocycles. The number of hydrogen-bond donors (Lipinski definition) is 2. The van der Waals surface area contributed by atoms with E-state index in [1.165, 1.54) is 0 Å². The maximum absolute atomic E-state index is 12.7. The van der Waals surface area contributed by atoms with Crippen molar-refractivity contribution in [1.82, 2.24) is 15.2 Å². The zero-order valence-corrected chi connectivity index (χ0v) is 17.9. The summed E-state index contributed by atoms with van der Waals surface area (Å²) in [5.74, 6) is 1.19. The molecule has 1 aromatic heterocycles. The van der Waals surface area contributed by atoms with Crippen LogP contribution in [0.3, 0.4) is 0 Å². The molecule has 2 aromatic carbocycles. The molecule has 0 radical (unpaired) electrons. The highest BCUT2D eigenvalue weighted by Gasteiger charge is 2.14. The summed E-state index contributed by atoms with van der Waals surface area (Å²) < 4.78 is 5.25. The first-order valence-electron chi connectivity index (χ1n) is 9.73. The molecule has 1 heterocycles. The zero-order valence-electron chi connectivity index (χ0n) is 17.1. The lowest BCUT2D eigenvalue weighted by molar-refractivity contribution is 0.394. The summed E-state index contributed by atoms with van der Waals surface area (Å²) in [6.45, 7) is 6.12. The molecule has 5 nitrogen and oxygen atoms in total. The van der Waals surface area contributed by atoms with Gasteiger partial charge in [-0.3, -0.25) is 4.79 Å². The fourth-order valence-electron chi connectivity index (χ4n) is 3.08. The molecule has 0 bridgehead atoms. The predicted octanol–water partition coefficient (Wildman–Crippen LogP) is 4.07. The highest BCUT2D eigenvalue weighted by atomic mass is 32.1. The van der Waals surface area contributed by atoms with Crippen LogP contribution >= 0.6 is 12.2 Å². The van der Waals surface area contributed by atoms with Crippen molar-refractivity contribution in [2.24, 2.45) is 5.92 Å². The molecule has 6 heteroatoms. The number of nitrogens with one attached hydrogen (secondary N) is 2.